The molecule has 3 heteroatoms. The Morgan fingerprint density at radius 3 is 2.53 bits per heavy atom. The fraction of sp³-hybridized carbons (Fsp3) is 0.571. The fourth-order valence-corrected chi connectivity index (χ4v) is 2.15. The third-order valence-corrected chi connectivity index (χ3v) is 3.29. The zero-order chi connectivity index (χ0) is 12.7. The fourth-order valence-electron chi connectivity index (χ4n) is 2.15. The van der Waals surface area contributed by atoms with E-state index in [1.807, 2.05) is 24.3 Å². The first-order valence-corrected chi connectivity index (χ1v) is 6.35. The number of ether oxygens (including phenoxy) is 1. The summed E-state index contributed by atoms with van der Waals surface area (Å²) in [5, 5.41) is 3.50. The molecule has 0 aromatic heterocycles. The molecule has 0 spiro atoms. The molecule has 17 heavy (non-hydrogen) atoms. The van der Waals surface area contributed by atoms with E-state index in [0.29, 0.717) is 18.5 Å². The predicted octanol–water partition coefficient (Wildman–Crippen LogP) is 2.87. The highest BCUT2D eigenvalue weighted by Gasteiger charge is 2.16. The number of methoxy groups -OCH3 is 1. The summed E-state index contributed by atoms with van der Waals surface area (Å²) in [6.45, 7) is 5.08. The van der Waals surface area contributed by atoms with Crippen LogP contribution in [0.5, 0.6) is 5.75 Å². The molecule has 1 aromatic carbocycles. The van der Waals surface area contributed by atoms with Crippen molar-refractivity contribution in [1.82, 2.24) is 0 Å². The van der Waals surface area contributed by atoms with Crippen molar-refractivity contribution in [3.63, 3.8) is 0 Å². The lowest BCUT2D eigenvalue weighted by Gasteiger charge is -2.26. The van der Waals surface area contributed by atoms with Gasteiger partial charge in [-0.15, -0.1) is 0 Å². The molecule has 0 amide bonds. The molecule has 3 nitrogen and oxygen atoms in total. The predicted molar refractivity (Wildman–Crippen MR) is 73.5 cm³/mol. The second-order valence-corrected chi connectivity index (χ2v) is 4.30. The zero-order valence-corrected chi connectivity index (χ0v) is 11.1. The van der Waals surface area contributed by atoms with Crippen molar-refractivity contribution in [2.75, 3.05) is 19.0 Å². The van der Waals surface area contributed by atoms with E-state index in [0.717, 1.165) is 24.3 Å². The average molecular weight is 236 g/mol. The van der Waals surface area contributed by atoms with Gasteiger partial charge in [0.1, 0.15) is 5.75 Å². The van der Waals surface area contributed by atoms with Crippen LogP contribution in [0.15, 0.2) is 24.3 Å². The van der Waals surface area contributed by atoms with E-state index in [1.165, 1.54) is 0 Å². The third-order valence-electron chi connectivity index (χ3n) is 3.29. The minimum absolute atomic E-state index is 0.331. The van der Waals surface area contributed by atoms with E-state index in [-0.39, 0.29) is 0 Å². The van der Waals surface area contributed by atoms with Gasteiger partial charge in [0.15, 0.2) is 0 Å². The number of nitrogens with one attached hydrogen (secondary N) is 1. The minimum Gasteiger partial charge on any atom is -0.497 e. The van der Waals surface area contributed by atoms with E-state index in [4.69, 9.17) is 10.5 Å². The van der Waals surface area contributed by atoms with Crippen LogP contribution in [0.3, 0.4) is 0 Å². The van der Waals surface area contributed by atoms with Crippen LogP contribution >= 0.6 is 0 Å². The Labute approximate surface area is 104 Å². The van der Waals surface area contributed by atoms with Crippen LogP contribution in [0, 0.1) is 5.92 Å². The van der Waals surface area contributed by atoms with Crippen molar-refractivity contribution < 1.29 is 4.74 Å². The molecule has 1 aromatic rings. The maximum atomic E-state index is 5.85. The lowest BCUT2D eigenvalue weighted by atomic mass is 9.94. The molecular formula is C14H24N2O. The molecule has 0 fully saturated rings. The van der Waals surface area contributed by atoms with Gasteiger partial charge in [-0.1, -0.05) is 32.8 Å². The zero-order valence-electron chi connectivity index (χ0n) is 11.1. The lowest BCUT2D eigenvalue weighted by Crippen LogP contribution is -2.35. The number of hydrogen-bond donors (Lipinski definition) is 2. The summed E-state index contributed by atoms with van der Waals surface area (Å²) in [5.41, 5.74) is 6.93. The SMILES string of the molecule is CCC(CC)C(CN)Nc1cccc(OC)c1. The molecule has 1 atom stereocenters. The van der Waals surface area contributed by atoms with Crippen molar-refractivity contribution in [3.8, 4) is 5.75 Å². The largest absolute Gasteiger partial charge is 0.497 e. The van der Waals surface area contributed by atoms with E-state index < -0.39 is 0 Å². The summed E-state index contributed by atoms with van der Waals surface area (Å²) < 4.78 is 5.21. The molecule has 0 heterocycles. The number of anilines is 1. The monoisotopic (exact) mass is 236 g/mol. The molecule has 0 bridgehead atoms. The van der Waals surface area contributed by atoms with E-state index in [2.05, 4.69) is 19.2 Å². The Bertz CT molecular complexity index is 324. The first kappa shape index (κ1) is 13.8. The van der Waals surface area contributed by atoms with Gasteiger partial charge in [0, 0.05) is 24.3 Å². The van der Waals surface area contributed by atoms with Crippen molar-refractivity contribution in [1.29, 1.82) is 0 Å². The molecule has 1 unspecified atom stereocenters. The highest BCUT2D eigenvalue weighted by molar-refractivity contribution is 5.49. The van der Waals surface area contributed by atoms with Gasteiger partial charge in [-0.2, -0.15) is 0 Å². The van der Waals surface area contributed by atoms with Gasteiger partial charge in [0.05, 0.1) is 7.11 Å². The summed E-state index contributed by atoms with van der Waals surface area (Å²) >= 11 is 0. The Morgan fingerprint density at radius 2 is 2.00 bits per heavy atom. The van der Waals surface area contributed by atoms with Gasteiger partial charge in [-0.05, 0) is 18.1 Å². The van der Waals surface area contributed by atoms with Crippen LogP contribution in [-0.4, -0.2) is 19.7 Å². The van der Waals surface area contributed by atoms with Crippen molar-refractivity contribution in [2.24, 2.45) is 11.7 Å². The molecule has 0 aliphatic rings. The number of hydrogen-bond acceptors (Lipinski definition) is 3. The molecular weight excluding hydrogens is 212 g/mol. The van der Waals surface area contributed by atoms with Crippen molar-refractivity contribution >= 4 is 5.69 Å². The maximum Gasteiger partial charge on any atom is 0.120 e. The second kappa shape index (κ2) is 7.17. The van der Waals surface area contributed by atoms with Crippen LogP contribution in [0.1, 0.15) is 26.7 Å². The maximum absolute atomic E-state index is 5.85. The minimum atomic E-state index is 0.331. The van der Waals surface area contributed by atoms with Gasteiger partial charge in [-0.25, -0.2) is 0 Å². The van der Waals surface area contributed by atoms with Gasteiger partial charge < -0.3 is 15.8 Å². The van der Waals surface area contributed by atoms with Crippen LogP contribution in [-0.2, 0) is 0 Å². The number of benzene rings is 1. The quantitative estimate of drug-likeness (QED) is 0.765. The summed E-state index contributed by atoms with van der Waals surface area (Å²) in [4.78, 5) is 0. The number of nitrogens with two attached hydrogens (primary N) is 1. The van der Waals surface area contributed by atoms with Crippen LogP contribution in [0.4, 0.5) is 5.69 Å². The van der Waals surface area contributed by atoms with Gasteiger partial charge in [0.2, 0.25) is 0 Å². The normalized spacial score (nSPS) is 12.5. The number of rotatable bonds is 7. The summed E-state index contributed by atoms with van der Waals surface area (Å²) in [6.07, 6.45) is 2.30. The van der Waals surface area contributed by atoms with E-state index in [1.54, 1.807) is 7.11 Å². The Hall–Kier alpha value is -1.22. The third kappa shape index (κ3) is 3.93. The first-order valence-electron chi connectivity index (χ1n) is 6.35. The Kier molecular flexibility index (Phi) is 5.84. The average Bonchev–Trinajstić information content (AvgIpc) is 2.39. The van der Waals surface area contributed by atoms with Gasteiger partial charge >= 0.3 is 0 Å². The molecule has 96 valence electrons. The van der Waals surface area contributed by atoms with E-state index >= 15 is 0 Å². The molecule has 3 N–H and O–H groups in total. The van der Waals surface area contributed by atoms with E-state index in [9.17, 15) is 0 Å². The molecule has 0 saturated heterocycles. The smallest absolute Gasteiger partial charge is 0.120 e. The highest BCUT2D eigenvalue weighted by Crippen LogP contribution is 2.21. The molecule has 1 rings (SSSR count). The summed E-state index contributed by atoms with van der Waals surface area (Å²) in [6, 6.07) is 8.32. The van der Waals surface area contributed by atoms with Gasteiger partial charge in [0.25, 0.3) is 0 Å². The first-order chi connectivity index (χ1) is 8.24. The van der Waals surface area contributed by atoms with Crippen molar-refractivity contribution in [3.05, 3.63) is 24.3 Å². The Morgan fingerprint density at radius 1 is 1.29 bits per heavy atom. The molecule has 0 aliphatic carbocycles. The highest BCUT2D eigenvalue weighted by atomic mass is 16.5. The molecule has 0 aliphatic heterocycles. The van der Waals surface area contributed by atoms with Crippen LogP contribution in [0.25, 0.3) is 0 Å². The van der Waals surface area contributed by atoms with Crippen LogP contribution in [0.2, 0.25) is 0 Å². The molecule has 0 radical (unpaired) electrons. The van der Waals surface area contributed by atoms with Crippen molar-refractivity contribution in [2.45, 2.75) is 32.7 Å². The summed E-state index contributed by atoms with van der Waals surface area (Å²) in [5.74, 6) is 1.49. The summed E-state index contributed by atoms with van der Waals surface area (Å²) in [7, 11) is 1.68. The van der Waals surface area contributed by atoms with Gasteiger partial charge in [-0.3, -0.25) is 0 Å². The Balaban J connectivity index is 2.72. The standard InChI is InChI=1S/C14H24N2O/c1-4-11(5-2)14(10-15)16-12-7-6-8-13(9-12)17-3/h6-9,11,14,16H,4-5,10,15H2,1-3H3. The molecule has 0 saturated carbocycles. The lowest BCUT2D eigenvalue weighted by molar-refractivity contribution is 0.413. The second-order valence-electron chi connectivity index (χ2n) is 4.30. The topological polar surface area (TPSA) is 47.3 Å². The van der Waals surface area contributed by atoms with Crippen LogP contribution < -0.4 is 15.8 Å².